The summed E-state index contributed by atoms with van der Waals surface area (Å²) in [4.78, 5) is 0. The Morgan fingerprint density at radius 1 is 1.25 bits per heavy atom. The number of hydrogen-bond donors (Lipinski definition) is 1. The van der Waals surface area contributed by atoms with Crippen LogP contribution in [0.15, 0.2) is 0 Å². The summed E-state index contributed by atoms with van der Waals surface area (Å²) in [5, 5.41) is 7.00. The minimum Gasteiger partial charge on any atom is -1.00 e. The normalized spacial score (nSPS) is 1.50. The Morgan fingerprint density at radius 2 is 1.25 bits per heavy atom. The number of aliphatic hydroxyl groups excluding tert-OH is 1. The van der Waals surface area contributed by atoms with E-state index in [1.54, 1.807) is 0 Å². The van der Waals surface area contributed by atoms with E-state index in [9.17, 15) is 0 Å². The van der Waals surface area contributed by atoms with Crippen LogP contribution in [0.2, 0.25) is 0 Å². The van der Waals surface area contributed by atoms with E-state index in [2.05, 4.69) is 0 Å². The van der Waals surface area contributed by atoms with Crippen LogP contribution in [-0.4, -0.2) is 12.2 Å². The van der Waals surface area contributed by atoms with E-state index >= 15 is 0 Å². The predicted octanol–water partition coefficient (Wildman–Crippen LogP) is -3.39. The van der Waals surface area contributed by atoms with Crippen LogP contribution in [0.3, 0.4) is 0 Å². The summed E-state index contributed by atoms with van der Waals surface area (Å²) in [7, 11) is 1.00. The van der Waals surface area contributed by atoms with Crippen molar-refractivity contribution >= 4 is 0 Å². The van der Waals surface area contributed by atoms with Crippen molar-refractivity contribution in [1.82, 2.24) is 0 Å². The second-order valence-electron chi connectivity index (χ2n) is 0. The molecule has 0 fully saturated rings. The van der Waals surface area contributed by atoms with Gasteiger partial charge in [0, 0.05) is 26.6 Å². The number of hydrogen-bond acceptors (Lipinski definition) is 1. The van der Waals surface area contributed by atoms with Gasteiger partial charge in [-0.05, 0) is 0 Å². The molecule has 0 unspecified atom stereocenters. The maximum absolute atomic E-state index is 7.00. The first-order valence-corrected chi connectivity index (χ1v) is 0.447. The van der Waals surface area contributed by atoms with Gasteiger partial charge in [-0.15, -0.1) is 0 Å². The number of aliphatic hydroxyl groups is 1. The van der Waals surface area contributed by atoms with Crippen LogP contribution in [0, 0.1) is 0 Å². The van der Waals surface area contributed by atoms with Gasteiger partial charge in [0.15, 0.2) is 0 Å². The molecule has 0 heterocycles. The molecule has 0 saturated heterocycles. The van der Waals surface area contributed by atoms with Crippen molar-refractivity contribution in [3.63, 3.8) is 0 Å². The fourth-order valence-corrected chi connectivity index (χ4v) is 0. The van der Waals surface area contributed by atoms with E-state index in [0.29, 0.717) is 0 Å². The molecule has 4 heavy (non-hydrogen) atoms. The first kappa shape index (κ1) is 20.8. The van der Waals surface area contributed by atoms with Crippen molar-refractivity contribution in [3.05, 3.63) is 0 Å². The summed E-state index contributed by atoms with van der Waals surface area (Å²) in [6.07, 6.45) is 0. The number of rotatable bonds is 0. The van der Waals surface area contributed by atoms with E-state index < -0.39 is 0 Å². The van der Waals surface area contributed by atoms with Crippen molar-refractivity contribution < 1.29 is 37.0 Å². The quantitative estimate of drug-likeness (QED) is 0.341. The Labute approximate surface area is 44.6 Å². The smallest absolute Gasteiger partial charge is 0.0319 e. The van der Waals surface area contributed by atoms with E-state index in [4.69, 9.17) is 5.11 Å². The summed E-state index contributed by atoms with van der Waals surface area (Å²) in [6, 6.07) is 0. The van der Waals surface area contributed by atoms with Crippen molar-refractivity contribution in [2.75, 3.05) is 7.11 Å². The molecule has 1 nitrogen and oxygen atoms in total. The average Bonchev–Trinajstić information content (AvgIpc) is 1.00. The molecular weight excluding hydrogens is 129 g/mol. The second-order valence-corrected chi connectivity index (χ2v) is 0. The van der Waals surface area contributed by atoms with Gasteiger partial charge in [-0.25, -0.2) is 0 Å². The van der Waals surface area contributed by atoms with Gasteiger partial charge in [-0.3, -0.25) is 0 Å². The van der Waals surface area contributed by atoms with Crippen molar-refractivity contribution in [1.29, 1.82) is 0 Å². The van der Waals surface area contributed by atoms with Gasteiger partial charge in [0.2, 0.25) is 0 Å². The molecule has 1 N–H and O–H groups in total. The molecule has 0 aromatic rings. The van der Waals surface area contributed by atoms with Crippen LogP contribution >= 0.6 is 0 Å². The maximum atomic E-state index is 7.00. The van der Waals surface area contributed by atoms with Crippen LogP contribution in [0.1, 0.15) is 0 Å². The molecule has 0 aliphatic heterocycles. The second kappa shape index (κ2) is 41.9. The summed E-state index contributed by atoms with van der Waals surface area (Å²) in [5.74, 6) is 0. The van der Waals surface area contributed by atoms with Crippen molar-refractivity contribution in [2.45, 2.75) is 0 Å². The molecule has 0 aromatic heterocycles. The van der Waals surface area contributed by atoms with Gasteiger partial charge < -0.3 is 17.5 Å². The molecule has 0 radical (unpaired) electrons. The summed E-state index contributed by atoms with van der Waals surface area (Å²) in [6.45, 7) is 0. The van der Waals surface area contributed by atoms with E-state index in [1.165, 1.54) is 0 Å². The molecule has 0 amide bonds. The third-order valence-electron chi connectivity index (χ3n) is 0. The summed E-state index contributed by atoms with van der Waals surface area (Å²) in [5.41, 5.74) is 0. The molecule has 0 saturated carbocycles. The van der Waals surface area contributed by atoms with E-state index in [0.717, 1.165) is 7.11 Å². The Hall–Kier alpha value is 0.873. The Bertz CT molecular complexity index is 8.00. The fraction of sp³-hybridized carbons (Fsp3) is 1.00. The van der Waals surface area contributed by atoms with Crippen molar-refractivity contribution in [2.24, 2.45) is 0 Å². The van der Waals surface area contributed by atoms with Gasteiger partial charge in [0.05, 0.1) is 0 Å². The zero-order valence-corrected chi connectivity index (χ0v) is 6.26. The third-order valence-corrected chi connectivity index (χ3v) is 0. The van der Waals surface area contributed by atoms with Crippen molar-refractivity contribution in [3.8, 4) is 0 Å². The average molecular weight is 133 g/mol. The standard InChI is InChI=1S/CH4O.ClH.Zn/c1-2;;/h2H,1H3;1H;/p-1. The molecule has 0 aliphatic carbocycles. The van der Waals surface area contributed by atoms with Gasteiger partial charge in [-0.2, -0.15) is 0 Å². The molecule has 24 valence electrons. The van der Waals surface area contributed by atoms with E-state index in [1.807, 2.05) is 0 Å². The van der Waals surface area contributed by atoms with Gasteiger partial charge in [0.25, 0.3) is 0 Å². The fourth-order valence-electron chi connectivity index (χ4n) is 0. The third kappa shape index (κ3) is 13.2. The molecule has 0 aromatic carbocycles. The topological polar surface area (TPSA) is 20.2 Å². The Morgan fingerprint density at radius 3 is 1.25 bits per heavy atom. The van der Waals surface area contributed by atoms with Crippen LogP contribution < -0.4 is 12.4 Å². The Balaban J connectivity index is -0.00000000500. The molecule has 0 atom stereocenters. The van der Waals surface area contributed by atoms with Gasteiger partial charge >= 0.3 is 0 Å². The van der Waals surface area contributed by atoms with Crippen LogP contribution in [0.5, 0.6) is 0 Å². The zero-order valence-electron chi connectivity index (χ0n) is 2.53. The first-order chi connectivity index (χ1) is 1.00. The molecule has 3 heteroatoms. The van der Waals surface area contributed by atoms with Crippen LogP contribution in [-0.2, 0) is 19.5 Å². The monoisotopic (exact) mass is 131 g/mol. The first-order valence-electron chi connectivity index (χ1n) is 0.447. The molecule has 0 bridgehead atoms. The SMILES string of the molecule is CO.[Cl-].[Zn]. The molecule has 0 rings (SSSR count). The summed E-state index contributed by atoms with van der Waals surface area (Å²) < 4.78 is 0. The van der Waals surface area contributed by atoms with Gasteiger partial charge in [0.1, 0.15) is 0 Å². The van der Waals surface area contributed by atoms with E-state index in [-0.39, 0.29) is 31.9 Å². The summed E-state index contributed by atoms with van der Waals surface area (Å²) >= 11 is 0. The minimum absolute atomic E-state index is 0. The zero-order chi connectivity index (χ0) is 2.00. The molecule has 0 aliphatic rings. The molecular formula is CH4ClOZn-. The maximum Gasteiger partial charge on any atom is 0.0319 e. The van der Waals surface area contributed by atoms with Crippen LogP contribution in [0.4, 0.5) is 0 Å². The van der Waals surface area contributed by atoms with Crippen LogP contribution in [0.25, 0.3) is 0 Å². The minimum atomic E-state index is 0. The predicted molar refractivity (Wildman–Crippen MR) is 8.14 cm³/mol. The molecule has 0 spiro atoms. The largest absolute Gasteiger partial charge is 1.00 e. The van der Waals surface area contributed by atoms with Gasteiger partial charge in [-0.1, -0.05) is 0 Å². The Kier molecular flexibility index (Phi) is 218. The number of halogens is 1.